The van der Waals surface area contributed by atoms with Crippen LogP contribution < -0.4 is 10.1 Å². The SMILES string of the molecule is CCCc1nnc(NC(=O)CSc2nnc(C(C)Oc3ccc(F)cc3)n2CC(C)C)s1. The van der Waals surface area contributed by atoms with E-state index in [1.165, 1.54) is 35.2 Å². The average Bonchev–Trinajstić information content (AvgIpc) is 3.35. The topological polar surface area (TPSA) is 94.8 Å². The zero-order valence-corrected chi connectivity index (χ0v) is 20.2. The minimum Gasteiger partial charge on any atom is -0.483 e. The number of nitrogens with zero attached hydrogens (tertiary/aromatic N) is 5. The second-order valence-corrected chi connectivity index (χ2v) is 9.65. The summed E-state index contributed by atoms with van der Waals surface area (Å²) in [5.74, 6) is 1.22. The van der Waals surface area contributed by atoms with E-state index in [1.807, 2.05) is 11.5 Å². The van der Waals surface area contributed by atoms with Crippen LogP contribution in [0, 0.1) is 11.7 Å². The van der Waals surface area contributed by atoms with Gasteiger partial charge in [0.15, 0.2) is 17.1 Å². The number of rotatable bonds is 11. The summed E-state index contributed by atoms with van der Waals surface area (Å²) in [4.78, 5) is 12.4. The molecule has 0 aliphatic rings. The van der Waals surface area contributed by atoms with E-state index in [4.69, 9.17) is 4.74 Å². The first kappa shape index (κ1) is 24.1. The molecule has 32 heavy (non-hydrogen) atoms. The molecule has 1 amide bonds. The van der Waals surface area contributed by atoms with Crippen molar-refractivity contribution in [3.05, 3.63) is 40.9 Å². The highest BCUT2D eigenvalue weighted by Crippen LogP contribution is 2.26. The molecule has 0 aliphatic carbocycles. The molecule has 1 N–H and O–H groups in total. The average molecular weight is 479 g/mol. The monoisotopic (exact) mass is 478 g/mol. The summed E-state index contributed by atoms with van der Waals surface area (Å²) in [6.07, 6.45) is 1.44. The summed E-state index contributed by atoms with van der Waals surface area (Å²) in [5.41, 5.74) is 0. The molecule has 1 unspecified atom stereocenters. The van der Waals surface area contributed by atoms with Gasteiger partial charge in [-0.15, -0.1) is 20.4 Å². The van der Waals surface area contributed by atoms with Crippen LogP contribution in [0.4, 0.5) is 9.52 Å². The Bertz CT molecular complexity index is 1020. The number of carbonyl (C=O) groups is 1. The van der Waals surface area contributed by atoms with Gasteiger partial charge in [0.2, 0.25) is 11.0 Å². The van der Waals surface area contributed by atoms with E-state index in [0.29, 0.717) is 34.3 Å². The van der Waals surface area contributed by atoms with E-state index in [-0.39, 0.29) is 17.5 Å². The first-order chi connectivity index (χ1) is 15.4. The molecule has 0 fully saturated rings. The maximum Gasteiger partial charge on any atom is 0.236 e. The van der Waals surface area contributed by atoms with Gasteiger partial charge >= 0.3 is 0 Å². The fourth-order valence-corrected chi connectivity index (χ4v) is 4.53. The van der Waals surface area contributed by atoms with Crippen molar-refractivity contribution >= 4 is 34.1 Å². The number of benzene rings is 1. The fourth-order valence-electron chi connectivity index (χ4n) is 2.92. The number of anilines is 1. The Kier molecular flexibility index (Phi) is 8.57. The van der Waals surface area contributed by atoms with Crippen LogP contribution in [0.5, 0.6) is 5.75 Å². The first-order valence-electron chi connectivity index (χ1n) is 10.5. The highest BCUT2D eigenvalue weighted by molar-refractivity contribution is 7.99. The minimum atomic E-state index is -0.395. The van der Waals surface area contributed by atoms with Gasteiger partial charge in [0.05, 0.1) is 5.75 Å². The lowest BCUT2D eigenvalue weighted by atomic mass is 10.2. The Morgan fingerprint density at radius 3 is 2.62 bits per heavy atom. The molecule has 11 heteroatoms. The third-order valence-electron chi connectivity index (χ3n) is 4.29. The Hall–Kier alpha value is -2.53. The maximum absolute atomic E-state index is 13.2. The van der Waals surface area contributed by atoms with Crippen LogP contribution >= 0.6 is 23.1 Å². The van der Waals surface area contributed by atoms with Crippen molar-refractivity contribution in [2.45, 2.75) is 58.3 Å². The van der Waals surface area contributed by atoms with Crippen molar-refractivity contribution in [3.8, 4) is 5.75 Å². The van der Waals surface area contributed by atoms with E-state index < -0.39 is 6.10 Å². The lowest BCUT2D eigenvalue weighted by Crippen LogP contribution is -2.17. The Labute approximate surface area is 195 Å². The van der Waals surface area contributed by atoms with Crippen molar-refractivity contribution in [1.82, 2.24) is 25.0 Å². The smallest absolute Gasteiger partial charge is 0.236 e. The minimum absolute atomic E-state index is 0.173. The molecule has 1 atom stereocenters. The molecule has 3 rings (SSSR count). The van der Waals surface area contributed by atoms with Gasteiger partial charge in [-0.2, -0.15) is 0 Å². The Balaban J connectivity index is 1.65. The Morgan fingerprint density at radius 1 is 1.19 bits per heavy atom. The number of amides is 1. The van der Waals surface area contributed by atoms with Crippen LogP contribution in [0.25, 0.3) is 0 Å². The number of aromatic nitrogens is 5. The number of nitrogens with one attached hydrogen (secondary N) is 1. The summed E-state index contributed by atoms with van der Waals surface area (Å²) < 4.78 is 21.1. The second-order valence-electron chi connectivity index (χ2n) is 7.65. The number of carbonyl (C=O) groups excluding carboxylic acids is 1. The standard InChI is InChI=1S/C21H27FN6O2S2/c1-5-6-18-24-26-20(32-18)23-17(29)12-31-21-27-25-19(28(21)11-13(2)3)14(4)30-16-9-7-15(22)8-10-16/h7-10,13-14H,5-6,11-12H2,1-4H3,(H,23,26,29). The second kappa shape index (κ2) is 11.4. The molecule has 0 saturated heterocycles. The predicted molar refractivity (Wildman–Crippen MR) is 124 cm³/mol. The van der Waals surface area contributed by atoms with E-state index >= 15 is 0 Å². The number of hydrogen-bond acceptors (Lipinski definition) is 8. The van der Waals surface area contributed by atoms with Crippen LogP contribution in [0.2, 0.25) is 0 Å². The van der Waals surface area contributed by atoms with Crippen LogP contribution in [0.1, 0.15) is 51.1 Å². The summed E-state index contributed by atoms with van der Waals surface area (Å²) in [5, 5.41) is 21.5. The van der Waals surface area contributed by atoms with Gasteiger partial charge in [-0.3, -0.25) is 10.1 Å². The van der Waals surface area contributed by atoms with Crippen molar-refractivity contribution in [3.63, 3.8) is 0 Å². The van der Waals surface area contributed by atoms with Crippen LogP contribution in [-0.4, -0.2) is 36.6 Å². The van der Waals surface area contributed by atoms with E-state index in [9.17, 15) is 9.18 Å². The van der Waals surface area contributed by atoms with Crippen molar-refractivity contribution < 1.29 is 13.9 Å². The molecular formula is C21H27FN6O2S2. The summed E-state index contributed by atoms with van der Waals surface area (Å²) in [6.45, 7) is 8.82. The maximum atomic E-state index is 13.2. The fraction of sp³-hybridized carbons (Fsp3) is 0.476. The van der Waals surface area contributed by atoms with Gasteiger partial charge in [0.1, 0.15) is 16.6 Å². The quantitative estimate of drug-likeness (QED) is 0.398. The molecule has 1 aromatic carbocycles. The molecule has 3 aromatic rings. The molecule has 2 heterocycles. The normalized spacial score (nSPS) is 12.2. The third-order valence-corrected chi connectivity index (χ3v) is 6.16. The van der Waals surface area contributed by atoms with Crippen LogP contribution in [0.15, 0.2) is 29.4 Å². The molecule has 8 nitrogen and oxygen atoms in total. The van der Waals surface area contributed by atoms with Gasteiger partial charge in [-0.25, -0.2) is 4.39 Å². The summed E-state index contributed by atoms with van der Waals surface area (Å²) in [6, 6.07) is 5.86. The van der Waals surface area contributed by atoms with Crippen molar-refractivity contribution in [1.29, 1.82) is 0 Å². The van der Waals surface area contributed by atoms with E-state index in [0.717, 1.165) is 17.8 Å². The Morgan fingerprint density at radius 2 is 1.94 bits per heavy atom. The molecule has 0 saturated carbocycles. The number of ether oxygens (including phenoxy) is 1. The van der Waals surface area contributed by atoms with Crippen molar-refractivity contribution in [2.75, 3.05) is 11.1 Å². The predicted octanol–water partition coefficient (Wildman–Crippen LogP) is 4.75. The lowest BCUT2D eigenvalue weighted by Gasteiger charge is -2.17. The number of aryl methyl sites for hydroxylation is 1. The van der Waals surface area contributed by atoms with E-state index in [1.54, 1.807) is 12.1 Å². The lowest BCUT2D eigenvalue weighted by molar-refractivity contribution is -0.113. The van der Waals surface area contributed by atoms with Gasteiger partial charge in [-0.1, -0.05) is 43.9 Å². The first-order valence-corrected chi connectivity index (χ1v) is 12.3. The van der Waals surface area contributed by atoms with Gasteiger partial charge in [-0.05, 0) is 43.5 Å². The third kappa shape index (κ3) is 6.73. The zero-order valence-electron chi connectivity index (χ0n) is 18.5. The number of halogens is 1. The van der Waals surface area contributed by atoms with E-state index in [2.05, 4.69) is 46.5 Å². The largest absolute Gasteiger partial charge is 0.483 e. The highest BCUT2D eigenvalue weighted by atomic mass is 32.2. The van der Waals surface area contributed by atoms with Crippen LogP contribution in [-0.2, 0) is 17.8 Å². The molecule has 0 radical (unpaired) electrons. The van der Waals surface area contributed by atoms with Crippen molar-refractivity contribution in [2.24, 2.45) is 5.92 Å². The number of hydrogen-bond donors (Lipinski definition) is 1. The zero-order chi connectivity index (χ0) is 23.1. The summed E-state index contributed by atoms with van der Waals surface area (Å²) in [7, 11) is 0. The number of thioether (sulfide) groups is 1. The molecule has 0 aliphatic heterocycles. The molecule has 172 valence electrons. The van der Waals surface area contributed by atoms with Gasteiger partial charge < -0.3 is 9.30 Å². The highest BCUT2D eigenvalue weighted by Gasteiger charge is 2.21. The van der Waals surface area contributed by atoms with Gasteiger partial charge in [0.25, 0.3) is 0 Å². The molecule has 0 bridgehead atoms. The van der Waals surface area contributed by atoms with Crippen LogP contribution in [0.3, 0.4) is 0 Å². The van der Waals surface area contributed by atoms with Gasteiger partial charge in [0, 0.05) is 13.0 Å². The molecule has 0 spiro atoms. The molecule has 2 aromatic heterocycles. The molecular weight excluding hydrogens is 451 g/mol. The summed E-state index contributed by atoms with van der Waals surface area (Å²) >= 11 is 2.70.